The number of methoxy groups -OCH3 is 2. The summed E-state index contributed by atoms with van der Waals surface area (Å²) in [7, 11) is 3.30. The van der Waals surface area contributed by atoms with E-state index < -0.39 is 0 Å². The molecule has 0 radical (unpaired) electrons. The van der Waals surface area contributed by atoms with Crippen LogP contribution in [0.4, 0.5) is 5.69 Å². The molecule has 1 N–H and O–H groups in total. The number of amides is 1. The second-order valence-corrected chi connectivity index (χ2v) is 7.13. The molecule has 1 heterocycles. The van der Waals surface area contributed by atoms with Crippen molar-refractivity contribution in [1.29, 1.82) is 0 Å². The van der Waals surface area contributed by atoms with E-state index in [-0.39, 0.29) is 18.5 Å². The summed E-state index contributed by atoms with van der Waals surface area (Å²) < 4.78 is 11.9. The highest BCUT2D eigenvalue weighted by atomic mass is 79.9. The molecular formula is C20H23BrN2O3. The van der Waals surface area contributed by atoms with Gasteiger partial charge in [0.1, 0.15) is 11.5 Å². The molecule has 0 aliphatic carbocycles. The summed E-state index contributed by atoms with van der Waals surface area (Å²) in [5.41, 5.74) is 1.93. The van der Waals surface area contributed by atoms with E-state index in [0.717, 1.165) is 46.6 Å². The van der Waals surface area contributed by atoms with Crippen LogP contribution in [0, 0.1) is 0 Å². The number of rotatable bonds is 6. The van der Waals surface area contributed by atoms with Crippen molar-refractivity contribution in [3.05, 3.63) is 52.5 Å². The number of anilines is 1. The number of ether oxygens (including phenoxy) is 2. The zero-order chi connectivity index (χ0) is 18.5. The topological polar surface area (TPSA) is 50.8 Å². The van der Waals surface area contributed by atoms with E-state index in [0.29, 0.717) is 0 Å². The van der Waals surface area contributed by atoms with Crippen LogP contribution in [0.2, 0.25) is 0 Å². The molecule has 1 amide bonds. The molecule has 1 saturated heterocycles. The Hall–Kier alpha value is -2.21. The summed E-state index contributed by atoms with van der Waals surface area (Å²) in [6, 6.07) is 13.6. The minimum absolute atomic E-state index is 0.0132. The quantitative estimate of drug-likeness (QED) is 0.761. The van der Waals surface area contributed by atoms with Gasteiger partial charge in [-0.3, -0.25) is 4.79 Å². The van der Waals surface area contributed by atoms with Crippen LogP contribution in [0.15, 0.2) is 46.9 Å². The van der Waals surface area contributed by atoms with Crippen molar-refractivity contribution >= 4 is 27.5 Å². The molecular weight excluding hydrogens is 396 g/mol. The molecule has 138 valence electrons. The Balaban J connectivity index is 1.73. The molecule has 1 fully saturated rings. The second kappa shape index (κ2) is 8.45. The Bertz CT molecular complexity index is 764. The van der Waals surface area contributed by atoms with Crippen LogP contribution in [-0.4, -0.2) is 38.1 Å². The highest BCUT2D eigenvalue weighted by Gasteiger charge is 2.31. The summed E-state index contributed by atoms with van der Waals surface area (Å²) >= 11 is 3.41. The molecule has 2 aromatic rings. The highest BCUT2D eigenvalue weighted by molar-refractivity contribution is 9.10. The molecule has 0 unspecified atom stereocenters. The van der Waals surface area contributed by atoms with Gasteiger partial charge in [-0.25, -0.2) is 0 Å². The number of nitrogens with zero attached hydrogens (tertiary/aromatic N) is 1. The number of likely N-dealkylation sites (tertiary alicyclic amines) is 1. The predicted octanol–water partition coefficient (Wildman–Crippen LogP) is 4.24. The van der Waals surface area contributed by atoms with Crippen LogP contribution in [0.1, 0.15) is 24.4 Å². The van der Waals surface area contributed by atoms with Crippen molar-refractivity contribution in [2.75, 3.05) is 32.6 Å². The fourth-order valence-electron chi connectivity index (χ4n) is 3.34. The van der Waals surface area contributed by atoms with E-state index in [1.165, 1.54) is 0 Å². The van der Waals surface area contributed by atoms with Gasteiger partial charge < -0.3 is 19.7 Å². The van der Waals surface area contributed by atoms with Crippen LogP contribution in [0.3, 0.4) is 0 Å². The number of carbonyl (C=O) groups is 1. The van der Waals surface area contributed by atoms with Crippen molar-refractivity contribution in [1.82, 2.24) is 4.90 Å². The largest absolute Gasteiger partial charge is 0.497 e. The maximum absolute atomic E-state index is 12.8. The molecule has 0 spiro atoms. The lowest BCUT2D eigenvalue weighted by Crippen LogP contribution is -2.35. The first kappa shape index (κ1) is 18.6. The molecule has 0 bridgehead atoms. The van der Waals surface area contributed by atoms with Gasteiger partial charge in [-0.1, -0.05) is 15.9 Å². The summed E-state index contributed by atoms with van der Waals surface area (Å²) in [6.45, 7) is 1.02. The van der Waals surface area contributed by atoms with Crippen LogP contribution in [-0.2, 0) is 4.79 Å². The van der Waals surface area contributed by atoms with E-state index in [9.17, 15) is 4.79 Å². The lowest BCUT2D eigenvalue weighted by Gasteiger charge is -2.27. The zero-order valence-electron chi connectivity index (χ0n) is 15.0. The smallest absolute Gasteiger partial charge is 0.242 e. The lowest BCUT2D eigenvalue weighted by atomic mass is 10.0. The van der Waals surface area contributed by atoms with E-state index in [1.807, 2.05) is 47.4 Å². The van der Waals surface area contributed by atoms with Crippen molar-refractivity contribution in [3.63, 3.8) is 0 Å². The third-order valence-electron chi connectivity index (χ3n) is 4.66. The first-order valence-electron chi connectivity index (χ1n) is 8.63. The van der Waals surface area contributed by atoms with Gasteiger partial charge in [-0.05, 0) is 55.3 Å². The Morgan fingerprint density at radius 1 is 1.19 bits per heavy atom. The molecule has 1 aliphatic heterocycles. The van der Waals surface area contributed by atoms with Gasteiger partial charge in [-0.15, -0.1) is 0 Å². The van der Waals surface area contributed by atoms with E-state index >= 15 is 0 Å². The fourth-order valence-corrected chi connectivity index (χ4v) is 3.60. The second-order valence-electron chi connectivity index (χ2n) is 6.21. The third kappa shape index (κ3) is 4.12. The minimum Gasteiger partial charge on any atom is -0.497 e. The fraction of sp³-hybridized carbons (Fsp3) is 0.350. The Labute approximate surface area is 162 Å². The summed E-state index contributed by atoms with van der Waals surface area (Å²) in [6.07, 6.45) is 1.91. The average molecular weight is 419 g/mol. The van der Waals surface area contributed by atoms with Crippen LogP contribution in [0.25, 0.3) is 0 Å². The molecule has 0 aromatic heterocycles. The highest BCUT2D eigenvalue weighted by Crippen LogP contribution is 2.38. The van der Waals surface area contributed by atoms with Crippen LogP contribution >= 0.6 is 15.9 Å². The van der Waals surface area contributed by atoms with E-state index in [4.69, 9.17) is 9.47 Å². The predicted molar refractivity (Wildman–Crippen MR) is 106 cm³/mol. The van der Waals surface area contributed by atoms with Crippen molar-refractivity contribution in [2.45, 2.75) is 18.9 Å². The zero-order valence-corrected chi connectivity index (χ0v) is 16.6. The molecule has 3 rings (SSSR count). The van der Waals surface area contributed by atoms with Crippen molar-refractivity contribution in [2.24, 2.45) is 0 Å². The SMILES string of the molecule is COc1ccc(OC)c([C@@H]2CCCN2C(=O)CNc2ccc(Br)cc2)c1. The molecule has 1 atom stereocenters. The van der Waals surface area contributed by atoms with Gasteiger partial charge >= 0.3 is 0 Å². The molecule has 26 heavy (non-hydrogen) atoms. The van der Waals surface area contributed by atoms with Gasteiger partial charge in [0, 0.05) is 22.3 Å². The van der Waals surface area contributed by atoms with Crippen LogP contribution in [0.5, 0.6) is 11.5 Å². The average Bonchev–Trinajstić information content (AvgIpc) is 3.16. The number of carbonyl (C=O) groups excluding carboxylic acids is 1. The molecule has 1 aliphatic rings. The Kier molecular flexibility index (Phi) is 6.04. The number of benzene rings is 2. The summed E-state index contributed by atoms with van der Waals surface area (Å²) in [5.74, 6) is 1.64. The number of nitrogens with one attached hydrogen (secondary N) is 1. The van der Waals surface area contributed by atoms with E-state index in [2.05, 4.69) is 21.2 Å². The number of hydrogen-bond donors (Lipinski definition) is 1. The van der Waals surface area contributed by atoms with Gasteiger partial charge in [0.25, 0.3) is 0 Å². The maximum Gasteiger partial charge on any atom is 0.242 e. The van der Waals surface area contributed by atoms with E-state index in [1.54, 1.807) is 14.2 Å². The monoisotopic (exact) mass is 418 g/mol. The van der Waals surface area contributed by atoms with Crippen molar-refractivity contribution < 1.29 is 14.3 Å². The Morgan fingerprint density at radius 2 is 1.96 bits per heavy atom. The lowest BCUT2D eigenvalue weighted by molar-refractivity contribution is -0.130. The van der Waals surface area contributed by atoms with Gasteiger partial charge in [0.2, 0.25) is 5.91 Å². The summed E-state index contributed by atoms with van der Waals surface area (Å²) in [4.78, 5) is 14.7. The third-order valence-corrected chi connectivity index (χ3v) is 5.19. The first-order chi connectivity index (χ1) is 12.6. The summed E-state index contributed by atoms with van der Waals surface area (Å²) in [5, 5.41) is 3.20. The molecule has 0 saturated carbocycles. The maximum atomic E-state index is 12.8. The number of halogens is 1. The van der Waals surface area contributed by atoms with Gasteiger partial charge in [0.15, 0.2) is 0 Å². The van der Waals surface area contributed by atoms with Crippen LogP contribution < -0.4 is 14.8 Å². The first-order valence-corrected chi connectivity index (χ1v) is 9.42. The molecule has 5 nitrogen and oxygen atoms in total. The van der Waals surface area contributed by atoms with Gasteiger partial charge in [0.05, 0.1) is 26.8 Å². The number of hydrogen-bond acceptors (Lipinski definition) is 4. The molecule has 6 heteroatoms. The Morgan fingerprint density at radius 3 is 2.65 bits per heavy atom. The molecule has 2 aromatic carbocycles. The van der Waals surface area contributed by atoms with Crippen molar-refractivity contribution in [3.8, 4) is 11.5 Å². The standard InChI is InChI=1S/C20H23BrN2O3/c1-25-16-9-10-19(26-2)17(12-16)18-4-3-11-23(18)20(24)13-22-15-7-5-14(21)6-8-15/h5-10,12,18,22H,3-4,11,13H2,1-2H3/t18-/m0/s1. The minimum atomic E-state index is 0.0132. The van der Waals surface area contributed by atoms with Gasteiger partial charge in [-0.2, -0.15) is 0 Å². The normalized spacial score (nSPS) is 16.4.